The van der Waals surface area contributed by atoms with Crippen molar-refractivity contribution in [3.8, 4) is 17.2 Å². The smallest absolute Gasteiger partial charge is 0.369 e. The molecule has 2 rings (SSSR count). The summed E-state index contributed by atoms with van der Waals surface area (Å²) in [6.45, 7) is 0. The number of rotatable bonds is 6. The highest BCUT2D eigenvalue weighted by Crippen LogP contribution is 2.27. The van der Waals surface area contributed by atoms with Crippen molar-refractivity contribution in [2.24, 2.45) is 10.9 Å². The van der Waals surface area contributed by atoms with Crippen LogP contribution in [0.3, 0.4) is 0 Å². The average molecular weight is 365 g/mol. The van der Waals surface area contributed by atoms with E-state index in [1.54, 1.807) is 30.3 Å². The number of benzene rings is 2. The first kappa shape index (κ1) is 18.4. The third-order valence-electron chi connectivity index (χ3n) is 3.29. The van der Waals surface area contributed by atoms with E-state index in [4.69, 9.17) is 36.4 Å². The van der Waals surface area contributed by atoms with Crippen LogP contribution in [0.5, 0.6) is 17.2 Å². The number of ether oxygens (including phenoxy) is 3. The van der Waals surface area contributed by atoms with E-state index in [1.807, 2.05) is 0 Å². The Kier molecular flexibility index (Phi) is 6.08. The first-order valence-electron chi connectivity index (χ1n) is 7.11. The Hall–Kier alpha value is -2.93. The lowest BCUT2D eigenvalue weighted by Gasteiger charge is -2.09. The maximum absolute atomic E-state index is 12.2. The van der Waals surface area contributed by atoms with Crippen LogP contribution < -0.4 is 19.9 Å². The van der Waals surface area contributed by atoms with Crippen molar-refractivity contribution in [3.05, 3.63) is 52.5 Å². The van der Waals surface area contributed by atoms with Gasteiger partial charge >= 0.3 is 5.97 Å². The maximum Gasteiger partial charge on any atom is 0.369 e. The highest BCUT2D eigenvalue weighted by molar-refractivity contribution is 6.31. The molecule has 132 valence electrons. The molecule has 0 bridgehead atoms. The van der Waals surface area contributed by atoms with Crippen molar-refractivity contribution in [2.75, 3.05) is 21.3 Å². The van der Waals surface area contributed by atoms with Crippen LogP contribution in [0.15, 0.2) is 41.6 Å². The van der Waals surface area contributed by atoms with Crippen LogP contribution in [0.1, 0.15) is 15.9 Å². The fraction of sp³-hybridized carbons (Fsp3) is 0.176. The van der Waals surface area contributed by atoms with Gasteiger partial charge in [0.25, 0.3) is 0 Å². The summed E-state index contributed by atoms with van der Waals surface area (Å²) in [5.41, 5.74) is 6.50. The lowest BCUT2D eigenvalue weighted by molar-refractivity contribution is 0.0512. The van der Waals surface area contributed by atoms with Gasteiger partial charge in [0.1, 0.15) is 11.3 Å². The number of halogens is 1. The number of nitrogens with two attached hydrogens (primary N) is 1. The van der Waals surface area contributed by atoms with E-state index in [0.717, 1.165) is 0 Å². The van der Waals surface area contributed by atoms with Gasteiger partial charge in [0.15, 0.2) is 17.3 Å². The molecule has 8 heteroatoms. The Morgan fingerprint density at radius 1 is 0.960 bits per heavy atom. The van der Waals surface area contributed by atoms with Gasteiger partial charge < -0.3 is 24.8 Å². The van der Waals surface area contributed by atoms with Crippen molar-refractivity contribution in [1.29, 1.82) is 0 Å². The Balaban J connectivity index is 2.21. The van der Waals surface area contributed by atoms with Crippen molar-refractivity contribution >= 4 is 23.4 Å². The molecule has 2 aromatic carbocycles. The molecule has 0 amide bonds. The van der Waals surface area contributed by atoms with Crippen molar-refractivity contribution in [1.82, 2.24) is 0 Å². The Morgan fingerprint density at radius 2 is 1.60 bits per heavy atom. The molecule has 2 N–H and O–H groups in total. The number of carbonyl (C=O) groups is 1. The summed E-state index contributed by atoms with van der Waals surface area (Å²) in [5.74, 6) is 0.577. The average Bonchev–Trinajstić information content (AvgIpc) is 2.65. The molecule has 0 aliphatic carbocycles. The van der Waals surface area contributed by atoms with Crippen LogP contribution >= 0.6 is 11.6 Å². The largest absolute Gasteiger partial charge is 0.496 e. The zero-order chi connectivity index (χ0) is 18.4. The highest BCUT2D eigenvalue weighted by Gasteiger charge is 2.15. The summed E-state index contributed by atoms with van der Waals surface area (Å²) in [6.07, 6.45) is 0. The van der Waals surface area contributed by atoms with E-state index < -0.39 is 5.97 Å². The van der Waals surface area contributed by atoms with Crippen LogP contribution in [0.2, 0.25) is 5.02 Å². The number of carbonyl (C=O) groups excluding carboxylic acids is 1. The number of hydrogen-bond acceptors (Lipinski definition) is 6. The van der Waals surface area contributed by atoms with E-state index >= 15 is 0 Å². The number of methoxy groups -OCH3 is 3. The molecule has 0 aliphatic heterocycles. The van der Waals surface area contributed by atoms with Crippen LogP contribution in [-0.4, -0.2) is 33.1 Å². The van der Waals surface area contributed by atoms with Crippen LogP contribution in [0.25, 0.3) is 0 Å². The first-order valence-corrected chi connectivity index (χ1v) is 7.48. The first-order chi connectivity index (χ1) is 12.0. The van der Waals surface area contributed by atoms with Crippen molar-refractivity contribution in [2.45, 2.75) is 0 Å². The van der Waals surface area contributed by atoms with Gasteiger partial charge in [-0.25, -0.2) is 4.79 Å². The van der Waals surface area contributed by atoms with Gasteiger partial charge in [-0.2, -0.15) is 0 Å². The fourth-order valence-corrected chi connectivity index (χ4v) is 2.20. The lowest BCUT2D eigenvalue weighted by Crippen LogP contribution is -2.15. The molecule has 0 aliphatic rings. The Morgan fingerprint density at radius 3 is 2.24 bits per heavy atom. The SMILES string of the molecule is COc1ccc(C(N)=NOC(=O)c2cc(Cl)ccc2OC)cc1OC. The molecule has 0 saturated carbocycles. The number of nitrogens with zero attached hydrogens (tertiary/aromatic N) is 1. The number of oxime groups is 1. The minimum absolute atomic E-state index is 0.00435. The summed E-state index contributed by atoms with van der Waals surface area (Å²) >= 11 is 5.89. The minimum Gasteiger partial charge on any atom is -0.496 e. The second-order valence-electron chi connectivity index (χ2n) is 4.77. The number of hydrogen-bond donors (Lipinski definition) is 1. The van der Waals surface area contributed by atoms with E-state index in [2.05, 4.69) is 5.16 Å². The third-order valence-corrected chi connectivity index (χ3v) is 3.52. The fourth-order valence-electron chi connectivity index (χ4n) is 2.03. The number of amidine groups is 1. The van der Waals surface area contributed by atoms with Gasteiger partial charge in [0.05, 0.1) is 21.3 Å². The van der Waals surface area contributed by atoms with E-state index in [9.17, 15) is 4.79 Å². The Labute approximate surface area is 149 Å². The topological polar surface area (TPSA) is 92.4 Å². The van der Waals surface area contributed by atoms with Gasteiger partial charge in [-0.05, 0) is 36.4 Å². The molecule has 2 aromatic rings. The molecule has 0 radical (unpaired) electrons. The Bertz CT molecular complexity index is 808. The van der Waals surface area contributed by atoms with Gasteiger partial charge in [-0.15, -0.1) is 0 Å². The molecule has 7 nitrogen and oxygen atoms in total. The van der Waals surface area contributed by atoms with Gasteiger partial charge in [0.2, 0.25) is 0 Å². The van der Waals surface area contributed by atoms with Crippen LogP contribution in [0.4, 0.5) is 0 Å². The van der Waals surface area contributed by atoms with E-state index in [0.29, 0.717) is 27.8 Å². The lowest BCUT2D eigenvalue weighted by atomic mass is 10.2. The highest BCUT2D eigenvalue weighted by atomic mass is 35.5. The van der Waals surface area contributed by atoms with E-state index in [-0.39, 0.29) is 11.4 Å². The molecular formula is C17H17ClN2O5. The molecule has 0 atom stereocenters. The van der Waals surface area contributed by atoms with Crippen molar-refractivity contribution < 1.29 is 23.8 Å². The molecule has 25 heavy (non-hydrogen) atoms. The maximum atomic E-state index is 12.2. The predicted molar refractivity (Wildman–Crippen MR) is 93.7 cm³/mol. The summed E-state index contributed by atoms with van der Waals surface area (Å²) < 4.78 is 15.4. The zero-order valence-electron chi connectivity index (χ0n) is 13.9. The molecule has 0 fully saturated rings. The van der Waals surface area contributed by atoms with Crippen molar-refractivity contribution in [3.63, 3.8) is 0 Å². The third kappa shape index (κ3) is 4.33. The second-order valence-corrected chi connectivity index (χ2v) is 5.21. The quantitative estimate of drug-likeness (QED) is 0.367. The minimum atomic E-state index is -0.747. The standard InChI is InChI=1S/C17H17ClN2O5/c1-22-13-7-5-11(18)9-12(13)17(21)25-20-16(19)10-4-6-14(23-2)15(8-10)24-3/h4-9H,1-3H3,(H2,19,20). The zero-order valence-corrected chi connectivity index (χ0v) is 14.7. The summed E-state index contributed by atoms with van der Waals surface area (Å²) in [5, 5.41) is 4.02. The summed E-state index contributed by atoms with van der Waals surface area (Å²) in [6, 6.07) is 9.52. The molecule has 0 aromatic heterocycles. The van der Waals surface area contributed by atoms with Gasteiger partial charge in [0, 0.05) is 10.6 Å². The monoisotopic (exact) mass is 364 g/mol. The predicted octanol–water partition coefficient (Wildman–Crippen LogP) is 2.84. The molecule has 0 heterocycles. The summed E-state index contributed by atoms with van der Waals surface area (Å²) in [4.78, 5) is 17.1. The van der Waals surface area contributed by atoms with Crippen LogP contribution in [-0.2, 0) is 4.84 Å². The molecule has 0 saturated heterocycles. The van der Waals surface area contributed by atoms with Gasteiger partial charge in [-0.1, -0.05) is 16.8 Å². The molecular weight excluding hydrogens is 348 g/mol. The molecule has 0 spiro atoms. The normalized spacial score (nSPS) is 11.0. The van der Waals surface area contributed by atoms with Gasteiger partial charge in [-0.3, -0.25) is 0 Å². The van der Waals surface area contributed by atoms with E-state index in [1.165, 1.54) is 27.4 Å². The van der Waals surface area contributed by atoms with Crippen LogP contribution in [0, 0.1) is 0 Å². The summed E-state index contributed by atoms with van der Waals surface area (Å²) in [7, 11) is 4.46. The molecule has 0 unspecified atom stereocenters. The second kappa shape index (κ2) is 8.25.